The molecule has 0 spiro atoms. The fraction of sp³-hybridized carbons (Fsp3) is 0.500. The summed E-state index contributed by atoms with van der Waals surface area (Å²) in [5.41, 5.74) is 0.753. The third kappa shape index (κ3) is 4.71. The third-order valence-corrected chi connectivity index (χ3v) is 6.63. The Morgan fingerprint density at radius 3 is 2.77 bits per heavy atom. The molecule has 2 amide bonds. The van der Waals surface area contributed by atoms with Crippen molar-refractivity contribution < 1.29 is 19.1 Å². The molecule has 2 fully saturated rings. The Labute approximate surface area is 180 Å². The number of rotatable bonds is 8. The maximum Gasteiger partial charge on any atom is 0.263 e. The van der Waals surface area contributed by atoms with E-state index in [1.165, 1.54) is 11.3 Å². The van der Waals surface area contributed by atoms with Crippen LogP contribution in [-0.2, 0) is 20.9 Å². The summed E-state index contributed by atoms with van der Waals surface area (Å²) in [5.74, 6) is -0.163. The number of ether oxygens (including phenoxy) is 2. The Bertz CT molecular complexity index is 897. The predicted molar refractivity (Wildman–Crippen MR) is 113 cm³/mol. The lowest BCUT2D eigenvalue weighted by atomic mass is 10.1. The number of nitrogens with zero attached hydrogens (tertiary/aromatic N) is 2. The standard InChI is InChI=1S/C22H27N3O4S/c1-25(21(27)17-9-8-16(29-17)15-6-4-3-5-7-15)14-22(10-11-22)24-20(26)18-12-23-19(30-18)13-28-2/h3-7,12,16-17H,8-11,13-14H2,1-2H3,(H,24,26)/t16-,17+/m1/s1. The Morgan fingerprint density at radius 2 is 2.07 bits per heavy atom. The molecule has 2 aliphatic rings. The summed E-state index contributed by atoms with van der Waals surface area (Å²) < 4.78 is 11.1. The number of hydrogen-bond acceptors (Lipinski definition) is 6. The number of hydrogen-bond donors (Lipinski definition) is 1. The summed E-state index contributed by atoms with van der Waals surface area (Å²) in [6.45, 7) is 0.878. The number of likely N-dealkylation sites (N-methyl/N-ethyl adjacent to an activating group) is 1. The van der Waals surface area contributed by atoms with Crippen LogP contribution in [0.15, 0.2) is 36.5 Å². The highest BCUT2D eigenvalue weighted by Gasteiger charge is 2.47. The summed E-state index contributed by atoms with van der Waals surface area (Å²) in [4.78, 5) is 32.0. The van der Waals surface area contributed by atoms with Gasteiger partial charge >= 0.3 is 0 Å². The highest BCUT2D eigenvalue weighted by molar-refractivity contribution is 7.13. The zero-order chi connectivity index (χ0) is 21.1. The van der Waals surface area contributed by atoms with Crippen LogP contribution in [0.25, 0.3) is 0 Å². The quantitative estimate of drug-likeness (QED) is 0.698. The number of nitrogens with one attached hydrogen (secondary N) is 1. The fourth-order valence-corrected chi connectivity index (χ4v) is 4.68. The molecule has 1 saturated carbocycles. The third-order valence-electron chi connectivity index (χ3n) is 5.66. The summed E-state index contributed by atoms with van der Waals surface area (Å²) in [6, 6.07) is 10.0. The van der Waals surface area contributed by atoms with E-state index in [-0.39, 0.29) is 23.5 Å². The van der Waals surface area contributed by atoms with Crippen LogP contribution in [0.1, 0.15) is 52.0 Å². The van der Waals surface area contributed by atoms with Gasteiger partial charge in [0.15, 0.2) is 0 Å². The van der Waals surface area contributed by atoms with Gasteiger partial charge in [-0.3, -0.25) is 9.59 Å². The minimum atomic E-state index is -0.426. The second kappa shape index (κ2) is 8.83. The molecule has 7 nitrogen and oxygen atoms in total. The summed E-state index contributed by atoms with van der Waals surface area (Å²) in [7, 11) is 3.39. The number of thiazole rings is 1. The van der Waals surface area contributed by atoms with Gasteiger partial charge in [-0.15, -0.1) is 11.3 Å². The van der Waals surface area contributed by atoms with Crippen molar-refractivity contribution in [3.63, 3.8) is 0 Å². The molecule has 2 heterocycles. The number of benzene rings is 1. The first kappa shape index (κ1) is 21.0. The van der Waals surface area contributed by atoms with Crippen molar-refractivity contribution in [2.45, 2.75) is 50.0 Å². The average molecular weight is 430 g/mol. The summed E-state index contributed by atoms with van der Waals surface area (Å²) in [6.07, 6.45) is 4.39. The van der Waals surface area contributed by atoms with Crippen LogP contribution in [0, 0.1) is 0 Å². The van der Waals surface area contributed by atoms with Crippen LogP contribution in [0.5, 0.6) is 0 Å². The number of methoxy groups -OCH3 is 1. The Morgan fingerprint density at radius 1 is 1.30 bits per heavy atom. The van der Waals surface area contributed by atoms with Crippen LogP contribution in [0.4, 0.5) is 0 Å². The minimum absolute atomic E-state index is 0.0193. The lowest BCUT2D eigenvalue weighted by molar-refractivity contribution is -0.142. The molecule has 0 unspecified atom stereocenters. The number of aromatic nitrogens is 1. The van der Waals surface area contributed by atoms with E-state index in [1.807, 2.05) is 30.3 Å². The van der Waals surface area contributed by atoms with E-state index in [0.29, 0.717) is 24.4 Å². The Hall–Kier alpha value is -2.29. The SMILES string of the molecule is COCc1ncc(C(=O)NC2(CN(C)C(=O)[C@@H]3CC[C@H](c4ccccc4)O3)CC2)s1. The number of amides is 2. The van der Waals surface area contributed by atoms with Crippen LogP contribution in [-0.4, -0.2) is 54.0 Å². The molecule has 0 radical (unpaired) electrons. The van der Waals surface area contributed by atoms with Gasteiger partial charge in [0.2, 0.25) is 0 Å². The molecule has 30 heavy (non-hydrogen) atoms. The molecule has 4 rings (SSSR count). The topological polar surface area (TPSA) is 80.8 Å². The molecule has 1 aliphatic carbocycles. The normalized spacial score (nSPS) is 21.9. The summed E-state index contributed by atoms with van der Waals surface area (Å²) in [5, 5.41) is 3.88. The zero-order valence-corrected chi connectivity index (χ0v) is 18.1. The molecule has 1 N–H and O–H groups in total. The summed E-state index contributed by atoms with van der Waals surface area (Å²) >= 11 is 1.33. The first-order chi connectivity index (χ1) is 14.5. The lowest BCUT2D eigenvalue weighted by Crippen LogP contribution is -2.48. The molecule has 2 atom stereocenters. The van der Waals surface area contributed by atoms with Crippen molar-refractivity contribution in [1.82, 2.24) is 15.2 Å². The lowest BCUT2D eigenvalue weighted by Gasteiger charge is -2.27. The van der Waals surface area contributed by atoms with Crippen LogP contribution in [0.3, 0.4) is 0 Å². The van der Waals surface area contributed by atoms with Crippen LogP contribution < -0.4 is 5.32 Å². The Kier molecular flexibility index (Phi) is 6.17. The largest absolute Gasteiger partial charge is 0.378 e. The van der Waals surface area contributed by atoms with Gasteiger partial charge in [0, 0.05) is 20.7 Å². The van der Waals surface area contributed by atoms with Gasteiger partial charge < -0.3 is 19.7 Å². The van der Waals surface area contributed by atoms with Gasteiger partial charge in [-0.2, -0.15) is 0 Å². The van der Waals surface area contributed by atoms with Crippen LogP contribution in [0.2, 0.25) is 0 Å². The van der Waals surface area contributed by atoms with E-state index in [9.17, 15) is 9.59 Å². The number of carbonyl (C=O) groups excluding carboxylic acids is 2. The maximum atomic E-state index is 12.9. The molecule has 160 valence electrons. The van der Waals surface area contributed by atoms with Gasteiger partial charge in [-0.05, 0) is 31.2 Å². The average Bonchev–Trinajstić information content (AvgIpc) is 3.14. The minimum Gasteiger partial charge on any atom is -0.378 e. The van der Waals surface area contributed by atoms with E-state index in [4.69, 9.17) is 9.47 Å². The van der Waals surface area contributed by atoms with Crippen molar-refractivity contribution in [3.05, 3.63) is 52.0 Å². The van der Waals surface area contributed by atoms with Gasteiger partial charge in [0.05, 0.1) is 24.4 Å². The fourth-order valence-electron chi connectivity index (χ4n) is 3.89. The van der Waals surface area contributed by atoms with E-state index in [0.717, 1.165) is 29.8 Å². The molecule has 1 saturated heterocycles. The van der Waals surface area contributed by atoms with Crippen molar-refractivity contribution in [2.75, 3.05) is 20.7 Å². The first-order valence-electron chi connectivity index (χ1n) is 10.2. The van der Waals surface area contributed by atoms with E-state index in [1.54, 1.807) is 25.3 Å². The van der Waals surface area contributed by atoms with Crippen molar-refractivity contribution >= 4 is 23.2 Å². The van der Waals surface area contributed by atoms with Gasteiger partial charge in [-0.1, -0.05) is 30.3 Å². The molecule has 0 bridgehead atoms. The molecular formula is C22H27N3O4S. The molecule has 1 aliphatic heterocycles. The van der Waals surface area contributed by atoms with Crippen molar-refractivity contribution in [1.29, 1.82) is 0 Å². The van der Waals surface area contributed by atoms with Crippen LogP contribution >= 0.6 is 11.3 Å². The maximum absolute atomic E-state index is 12.9. The van der Waals surface area contributed by atoms with E-state index in [2.05, 4.69) is 10.3 Å². The Balaban J connectivity index is 1.31. The van der Waals surface area contributed by atoms with Gasteiger partial charge in [-0.25, -0.2) is 4.98 Å². The van der Waals surface area contributed by atoms with Gasteiger partial charge in [0.25, 0.3) is 11.8 Å². The first-order valence-corrected chi connectivity index (χ1v) is 11.0. The zero-order valence-electron chi connectivity index (χ0n) is 17.3. The van der Waals surface area contributed by atoms with Crippen molar-refractivity contribution in [3.8, 4) is 0 Å². The monoisotopic (exact) mass is 429 g/mol. The highest BCUT2D eigenvalue weighted by atomic mass is 32.1. The van der Waals surface area contributed by atoms with E-state index < -0.39 is 6.10 Å². The number of carbonyl (C=O) groups is 2. The van der Waals surface area contributed by atoms with Gasteiger partial charge in [0.1, 0.15) is 16.0 Å². The second-order valence-corrected chi connectivity index (χ2v) is 9.20. The van der Waals surface area contributed by atoms with E-state index >= 15 is 0 Å². The smallest absolute Gasteiger partial charge is 0.263 e. The molecule has 1 aromatic carbocycles. The van der Waals surface area contributed by atoms with Crippen molar-refractivity contribution in [2.24, 2.45) is 0 Å². The highest BCUT2D eigenvalue weighted by Crippen LogP contribution is 2.38. The predicted octanol–water partition coefficient (Wildman–Crippen LogP) is 2.93. The molecular weight excluding hydrogens is 402 g/mol. The molecule has 2 aromatic rings. The molecule has 8 heteroatoms. The second-order valence-electron chi connectivity index (χ2n) is 8.08. The molecule has 1 aromatic heterocycles.